The monoisotopic (exact) mass is 316 g/mol. The lowest BCUT2D eigenvalue weighted by Crippen LogP contribution is -2.34. The van der Waals surface area contributed by atoms with Gasteiger partial charge in [-0.2, -0.15) is 5.26 Å². The van der Waals surface area contributed by atoms with Gasteiger partial charge in [0.05, 0.1) is 17.4 Å². The van der Waals surface area contributed by atoms with Crippen LogP contribution < -0.4 is 5.32 Å². The number of nitriles is 1. The number of amides is 1. The van der Waals surface area contributed by atoms with Crippen LogP contribution in [0.15, 0.2) is 12.2 Å². The molecule has 3 rings (SSSR count). The van der Waals surface area contributed by atoms with Gasteiger partial charge in [-0.1, -0.05) is 12.2 Å². The summed E-state index contributed by atoms with van der Waals surface area (Å²) >= 11 is 1.46. The molecule has 5 nitrogen and oxygen atoms in total. The smallest absolute Gasteiger partial charge is 0.307 e. The first-order chi connectivity index (χ1) is 10.6. The van der Waals surface area contributed by atoms with Crippen molar-refractivity contribution in [3.05, 3.63) is 28.2 Å². The van der Waals surface area contributed by atoms with Gasteiger partial charge in [0.25, 0.3) is 0 Å². The second kappa shape index (κ2) is 5.93. The SMILES string of the molecule is N#Cc1c(NC(=O)[C@@H]2CC=CC[C@@H]2C(=O)O)sc2c1CCC2. The summed E-state index contributed by atoms with van der Waals surface area (Å²) in [6, 6.07) is 2.18. The van der Waals surface area contributed by atoms with E-state index in [9.17, 15) is 20.0 Å². The summed E-state index contributed by atoms with van der Waals surface area (Å²) in [6.45, 7) is 0. The highest BCUT2D eigenvalue weighted by atomic mass is 32.1. The Morgan fingerprint density at radius 1 is 1.27 bits per heavy atom. The fourth-order valence-electron chi connectivity index (χ4n) is 3.19. The molecule has 1 heterocycles. The number of anilines is 1. The number of thiophene rings is 1. The van der Waals surface area contributed by atoms with Crippen molar-refractivity contribution in [3.63, 3.8) is 0 Å². The number of allylic oxidation sites excluding steroid dienone is 2. The lowest BCUT2D eigenvalue weighted by molar-refractivity contribution is -0.146. The Kier molecular flexibility index (Phi) is 3.99. The van der Waals surface area contributed by atoms with Crippen LogP contribution in [0.1, 0.15) is 35.3 Å². The van der Waals surface area contributed by atoms with E-state index < -0.39 is 17.8 Å². The lowest BCUT2D eigenvalue weighted by Gasteiger charge is -2.24. The minimum Gasteiger partial charge on any atom is -0.481 e. The van der Waals surface area contributed by atoms with Gasteiger partial charge in [0.2, 0.25) is 5.91 Å². The molecule has 0 radical (unpaired) electrons. The van der Waals surface area contributed by atoms with Crippen molar-refractivity contribution < 1.29 is 14.7 Å². The number of hydrogen-bond donors (Lipinski definition) is 2. The fourth-order valence-corrected chi connectivity index (χ4v) is 4.43. The molecule has 0 spiro atoms. The van der Waals surface area contributed by atoms with E-state index in [0.29, 0.717) is 23.4 Å². The molecule has 0 bridgehead atoms. The molecule has 0 aromatic carbocycles. The van der Waals surface area contributed by atoms with Crippen LogP contribution in [0.5, 0.6) is 0 Å². The Morgan fingerprint density at radius 3 is 2.68 bits per heavy atom. The minimum atomic E-state index is -0.946. The Labute approximate surface area is 132 Å². The highest BCUT2D eigenvalue weighted by Crippen LogP contribution is 2.39. The molecule has 0 saturated heterocycles. The number of carboxylic acid groups (broad SMARTS) is 1. The van der Waals surface area contributed by atoms with Gasteiger partial charge >= 0.3 is 5.97 Å². The summed E-state index contributed by atoms with van der Waals surface area (Å²) in [5.74, 6) is -2.51. The number of aliphatic carboxylic acids is 1. The maximum atomic E-state index is 12.5. The van der Waals surface area contributed by atoms with Gasteiger partial charge in [0.1, 0.15) is 11.1 Å². The van der Waals surface area contributed by atoms with Crippen LogP contribution in [0.4, 0.5) is 5.00 Å². The number of nitrogens with zero attached hydrogens (tertiary/aromatic N) is 1. The highest BCUT2D eigenvalue weighted by Gasteiger charge is 2.35. The second-order valence-electron chi connectivity index (χ2n) is 5.66. The molecule has 114 valence electrons. The topological polar surface area (TPSA) is 90.2 Å². The highest BCUT2D eigenvalue weighted by molar-refractivity contribution is 7.16. The standard InChI is InChI=1S/C16H16N2O3S/c17-8-12-9-6-3-7-13(9)22-15(12)18-14(19)10-4-1-2-5-11(10)16(20)21/h1-2,10-11H,3-7H2,(H,18,19)(H,20,21)/t10-,11+/m1/s1. The summed E-state index contributed by atoms with van der Waals surface area (Å²) in [5.41, 5.74) is 1.62. The molecule has 2 aliphatic carbocycles. The first kappa shape index (κ1) is 14.8. The van der Waals surface area contributed by atoms with E-state index in [1.165, 1.54) is 16.2 Å². The number of aryl methyl sites for hydroxylation is 1. The first-order valence-corrected chi connectivity index (χ1v) is 8.16. The van der Waals surface area contributed by atoms with Gasteiger partial charge in [-0.25, -0.2) is 0 Å². The maximum absolute atomic E-state index is 12.5. The molecular weight excluding hydrogens is 300 g/mol. The van der Waals surface area contributed by atoms with E-state index >= 15 is 0 Å². The van der Waals surface area contributed by atoms with Gasteiger partial charge in [0, 0.05) is 4.88 Å². The summed E-state index contributed by atoms with van der Waals surface area (Å²) in [7, 11) is 0. The number of carbonyl (C=O) groups is 2. The van der Waals surface area contributed by atoms with Gasteiger partial charge in [-0.3, -0.25) is 9.59 Å². The quantitative estimate of drug-likeness (QED) is 0.839. The predicted molar refractivity (Wildman–Crippen MR) is 82.7 cm³/mol. The molecule has 22 heavy (non-hydrogen) atoms. The van der Waals surface area contributed by atoms with Crippen molar-refractivity contribution in [1.82, 2.24) is 0 Å². The molecule has 6 heteroatoms. The zero-order valence-electron chi connectivity index (χ0n) is 12.0. The van der Waals surface area contributed by atoms with E-state index in [-0.39, 0.29) is 5.91 Å². The predicted octanol–water partition coefficient (Wildman–Crippen LogP) is 2.71. The Morgan fingerprint density at radius 2 is 2.00 bits per heavy atom. The molecular formula is C16H16N2O3S. The first-order valence-electron chi connectivity index (χ1n) is 7.35. The number of nitrogens with one attached hydrogen (secondary N) is 1. The molecule has 0 aliphatic heterocycles. The zero-order valence-corrected chi connectivity index (χ0v) is 12.8. The Hall–Kier alpha value is -2.13. The number of carboxylic acids is 1. The van der Waals surface area contributed by atoms with Crippen LogP contribution in [0.2, 0.25) is 0 Å². The van der Waals surface area contributed by atoms with Gasteiger partial charge in [0.15, 0.2) is 0 Å². The van der Waals surface area contributed by atoms with Crippen molar-refractivity contribution in [1.29, 1.82) is 5.26 Å². The average Bonchev–Trinajstić information content (AvgIpc) is 3.07. The van der Waals surface area contributed by atoms with E-state index in [2.05, 4.69) is 11.4 Å². The molecule has 1 aromatic heterocycles. The van der Waals surface area contributed by atoms with Crippen molar-refractivity contribution in [2.45, 2.75) is 32.1 Å². The van der Waals surface area contributed by atoms with Crippen LogP contribution >= 0.6 is 11.3 Å². The third kappa shape index (κ3) is 2.53. The minimum absolute atomic E-state index is 0.298. The molecule has 2 aliphatic rings. The summed E-state index contributed by atoms with van der Waals surface area (Å²) < 4.78 is 0. The number of carbonyl (C=O) groups excluding carboxylic acids is 1. The summed E-state index contributed by atoms with van der Waals surface area (Å²) in [4.78, 5) is 24.9. The third-order valence-electron chi connectivity index (χ3n) is 4.36. The van der Waals surface area contributed by atoms with Gasteiger partial charge in [-0.15, -0.1) is 11.3 Å². The van der Waals surface area contributed by atoms with Gasteiger partial charge < -0.3 is 10.4 Å². The van der Waals surface area contributed by atoms with Gasteiger partial charge in [-0.05, 0) is 37.7 Å². The van der Waals surface area contributed by atoms with E-state index in [4.69, 9.17) is 0 Å². The second-order valence-corrected chi connectivity index (χ2v) is 6.76. The molecule has 0 fully saturated rings. The molecule has 0 saturated carbocycles. The molecule has 1 amide bonds. The maximum Gasteiger partial charge on any atom is 0.307 e. The van der Waals surface area contributed by atoms with Crippen molar-refractivity contribution in [2.24, 2.45) is 11.8 Å². The number of hydrogen-bond acceptors (Lipinski definition) is 4. The third-order valence-corrected chi connectivity index (χ3v) is 5.56. The number of fused-ring (bicyclic) bond motifs is 1. The van der Waals surface area contributed by atoms with Crippen molar-refractivity contribution >= 4 is 28.2 Å². The van der Waals surface area contributed by atoms with Crippen LogP contribution in [-0.2, 0) is 22.4 Å². The van der Waals surface area contributed by atoms with E-state index in [0.717, 1.165) is 24.8 Å². The van der Waals surface area contributed by atoms with Crippen LogP contribution in [-0.4, -0.2) is 17.0 Å². The average molecular weight is 316 g/mol. The normalized spacial score (nSPS) is 22.9. The molecule has 2 atom stereocenters. The largest absolute Gasteiger partial charge is 0.481 e. The zero-order chi connectivity index (χ0) is 15.7. The Balaban J connectivity index is 1.81. The number of rotatable bonds is 3. The lowest BCUT2D eigenvalue weighted by atomic mass is 9.82. The van der Waals surface area contributed by atoms with Crippen LogP contribution in [0.3, 0.4) is 0 Å². The fraction of sp³-hybridized carbons (Fsp3) is 0.438. The molecule has 2 N–H and O–H groups in total. The molecule has 0 unspecified atom stereocenters. The molecule has 1 aromatic rings. The van der Waals surface area contributed by atoms with E-state index in [1.54, 1.807) is 0 Å². The summed E-state index contributed by atoms with van der Waals surface area (Å²) in [5, 5.41) is 22.0. The van der Waals surface area contributed by atoms with E-state index in [1.807, 2.05) is 12.2 Å². The summed E-state index contributed by atoms with van der Waals surface area (Å²) in [6.07, 6.45) is 7.35. The Bertz CT molecular complexity index is 699. The van der Waals surface area contributed by atoms with Crippen LogP contribution in [0.25, 0.3) is 0 Å². The van der Waals surface area contributed by atoms with Crippen molar-refractivity contribution in [3.8, 4) is 6.07 Å². The van der Waals surface area contributed by atoms with Crippen molar-refractivity contribution in [2.75, 3.05) is 5.32 Å². The van der Waals surface area contributed by atoms with Crippen LogP contribution in [0, 0.1) is 23.2 Å².